The zero-order valence-corrected chi connectivity index (χ0v) is 17.1. The van der Waals surface area contributed by atoms with Gasteiger partial charge in [0.1, 0.15) is 0 Å². The van der Waals surface area contributed by atoms with Crippen LogP contribution in [-0.2, 0) is 17.6 Å². The lowest BCUT2D eigenvalue weighted by Crippen LogP contribution is -2.21. The number of carbonyl (C=O) groups is 1. The van der Waals surface area contributed by atoms with Crippen molar-refractivity contribution in [2.45, 2.75) is 19.8 Å². The summed E-state index contributed by atoms with van der Waals surface area (Å²) in [6.45, 7) is 2.87. The molecule has 0 radical (unpaired) electrons. The van der Waals surface area contributed by atoms with Gasteiger partial charge in [-0.2, -0.15) is 4.98 Å². The second-order valence-corrected chi connectivity index (χ2v) is 7.32. The van der Waals surface area contributed by atoms with Crippen LogP contribution in [0.3, 0.4) is 0 Å². The molecule has 3 heterocycles. The molecule has 1 aromatic carbocycles. The van der Waals surface area contributed by atoms with Gasteiger partial charge < -0.3 is 4.90 Å². The average molecular weight is 400 g/mol. The van der Waals surface area contributed by atoms with E-state index in [0.717, 1.165) is 35.4 Å². The maximum atomic E-state index is 12.3. The van der Waals surface area contributed by atoms with Crippen molar-refractivity contribution in [3.05, 3.63) is 83.8 Å². The highest BCUT2D eigenvalue weighted by Crippen LogP contribution is 2.19. The van der Waals surface area contributed by atoms with E-state index >= 15 is 0 Å². The lowest BCUT2D eigenvalue weighted by molar-refractivity contribution is -0.115. The number of aryl methyl sites for hydroxylation is 1. The van der Waals surface area contributed by atoms with Crippen LogP contribution >= 0.6 is 0 Å². The molecule has 7 nitrogen and oxygen atoms in total. The van der Waals surface area contributed by atoms with E-state index in [0.29, 0.717) is 12.4 Å². The van der Waals surface area contributed by atoms with Crippen LogP contribution in [0.15, 0.2) is 67.1 Å². The van der Waals surface area contributed by atoms with Gasteiger partial charge in [-0.05, 0) is 48.2 Å². The number of benzene rings is 1. The molecule has 0 atom stereocenters. The first-order chi connectivity index (χ1) is 14.6. The van der Waals surface area contributed by atoms with Crippen LogP contribution in [0.25, 0.3) is 5.65 Å². The molecule has 0 spiro atoms. The third-order valence-electron chi connectivity index (χ3n) is 4.99. The van der Waals surface area contributed by atoms with Crippen LogP contribution in [0.4, 0.5) is 11.6 Å². The third-order valence-corrected chi connectivity index (χ3v) is 4.99. The molecule has 3 aromatic heterocycles. The van der Waals surface area contributed by atoms with Gasteiger partial charge in [0.2, 0.25) is 11.9 Å². The van der Waals surface area contributed by atoms with E-state index in [1.165, 1.54) is 5.56 Å². The minimum atomic E-state index is -0.135. The Labute approximate surface area is 175 Å². The van der Waals surface area contributed by atoms with Gasteiger partial charge in [-0.1, -0.05) is 30.3 Å². The molecule has 1 amide bonds. The summed E-state index contributed by atoms with van der Waals surface area (Å²) in [5.74, 6) is 0.181. The summed E-state index contributed by atoms with van der Waals surface area (Å²) >= 11 is 0. The molecule has 152 valence electrons. The smallest absolute Gasteiger partial charge is 0.249 e. The van der Waals surface area contributed by atoms with Crippen LogP contribution in [-0.4, -0.2) is 39.1 Å². The maximum absolute atomic E-state index is 12.3. The van der Waals surface area contributed by atoms with Gasteiger partial charge >= 0.3 is 0 Å². The van der Waals surface area contributed by atoms with E-state index in [1.807, 2.05) is 68.0 Å². The van der Waals surface area contributed by atoms with Crippen molar-refractivity contribution < 1.29 is 4.79 Å². The lowest BCUT2D eigenvalue weighted by atomic mass is 10.1. The van der Waals surface area contributed by atoms with Crippen LogP contribution in [0.1, 0.15) is 16.7 Å². The molecule has 0 bridgehead atoms. The fourth-order valence-corrected chi connectivity index (χ4v) is 3.32. The maximum Gasteiger partial charge on any atom is 0.249 e. The molecule has 0 unspecified atom stereocenters. The van der Waals surface area contributed by atoms with Crippen LogP contribution in [0, 0.1) is 6.92 Å². The summed E-state index contributed by atoms with van der Waals surface area (Å²) in [6, 6.07) is 15.8. The predicted molar refractivity (Wildman–Crippen MR) is 118 cm³/mol. The highest BCUT2D eigenvalue weighted by molar-refractivity contribution is 5.90. The molecular weight excluding hydrogens is 376 g/mol. The molecule has 4 rings (SSSR count). The van der Waals surface area contributed by atoms with Gasteiger partial charge in [0, 0.05) is 26.0 Å². The second kappa shape index (κ2) is 8.73. The normalized spacial score (nSPS) is 10.9. The minimum absolute atomic E-state index is 0.135. The Morgan fingerprint density at radius 1 is 1.10 bits per heavy atom. The average Bonchev–Trinajstić information content (AvgIpc) is 3.16. The molecule has 0 aliphatic rings. The number of rotatable bonds is 7. The molecule has 0 aliphatic carbocycles. The Kier molecular flexibility index (Phi) is 5.70. The van der Waals surface area contributed by atoms with E-state index in [4.69, 9.17) is 0 Å². The number of likely N-dealkylation sites (N-methyl/N-ethyl adjacent to an activating group) is 1. The molecule has 4 aromatic rings. The van der Waals surface area contributed by atoms with Crippen LogP contribution in [0.2, 0.25) is 0 Å². The van der Waals surface area contributed by atoms with E-state index in [1.54, 1.807) is 4.52 Å². The summed E-state index contributed by atoms with van der Waals surface area (Å²) in [7, 11) is 2.06. The van der Waals surface area contributed by atoms with Gasteiger partial charge in [-0.15, -0.1) is 5.10 Å². The number of hydrogen-bond acceptors (Lipinski definition) is 5. The Morgan fingerprint density at radius 2 is 1.87 bits per heavy atom. The number of hydrogen-bond donors (Lipinski definition) is 1. The second-order valence-electron chi connectivity index (χ2n) is 7.32. The number of pyridine rings is 2. The molecule has 30 heavy (non-hydrogen) atoms. The molecule has 0 saturated heterocycles. The Bertz CT molecular complexity index is 1140. The number of nitrogens with zero attached hydrogens (tertiary/aromatic N) is 5. The van der Waals surface area contributed by atoms with Gasteiger partial charge in [-0.3, -0.25) is 15.1 Å². The van der Waals surface area contributed by atoms with Crippen LogP contribution in [0.5, 0.6) is 0 Å². The van der Waals surface area contributed by atoms with Crippen molar-refractivity contribution >= 4 is 23.2 Å². The van der Waals surface area contributed by atoms with Crippen molar-refractivity contribution in [3.63, 3.8) is 0 Å². The van der Waals surface area contributed by atoms with E-state index in [2.05, 4.69) is 38.4 Å². The summed E-state index contributed by atoms with van der Waals surface area (Å²) < 4.78 is 1.73. The van der Waals surface area contributed by atoms with Gasteiger partial charge in [0.15, 0.2) is 5.65 Å². The topological polar surface area (TPSA) is 75.4 Å². The predicted octanol–water partition coefficient (Wildman–Crippen LogP) is 3.29. The molecule has 0 saturated carbocycles. The summed E-state index contributed by atoms with van der Waals surface area (Å²) in [6.07, 6.45) is 6.78. The molecule has 7 heteroatoms. The first-order valence-corrected chi connectivity index (χ1v) is 9.89. The third kappa shape index (κ3) is 4.63. The van der Waals surface area contributed by atoms with Gasteiger partial charge in [0.05, 0.1) is 18.3 Å². The van der Waals surface area contributed by atoms with Crippen LogP contribution < -0.4 is 10.2 Å². The number of amides is 1. The number of anilines is 2. The first kappa shape index (κ1) is 19.6. The Hall–Kier alpha value is -3.74. The Morgan fingerprint density at radius 3 is 2.63 bits per heavy atom. The minimum Gasteiger partial charge on any atom is -0.373 e. The Balaban J connectivity index is 1.46. The summed E-state index contributed by atoms with van der Waals surface area (Å²) in [5.41, 5.74) is 4.98. The van der Waals surface area contributed by atoms with Crippen molar-refractivity contribution in [1.82, 2.24) is 19.6 Å². The molecular formula is C23H24N6O. The molecule has 0 aliphatic heterocycles. The SMILES string of the molecule is Cc1cc(N(C)CCc2ccncc2)cn2nc(NC(=O)Cc3ccccc3)nc12. The molecule has 0 fully saturated rings. The van der Waals surface area contributed by atoms with Crippen molar-refractivity contribution in [3.8, 4) is 0 Å². The van der Waals surface area contributed by atoms with Crippen molar-refractivity contribution in [1.29, 1.82) is 0 Å². The number of carbonyl (C=O) groups excluding carboxylic acids is 1. The van der Waals surface area contributed by atoms with Gasteiger partial charge in [0.25, 0.3) is 0 Å². The fraction of sp³-hybridized carbons (Fsp3) is 0.217. The van der Waals surface area contributed by atoms with E-state index in [-0.39, 0.29) is 5.91 Å². The number of fused-ring (bicyclic) bond motifs is 1. The highest BCUT2D eigenvalue weighted by Gasteiger charge is 2.12. The standard InChI is InChI=1S/C23H24N6O/c1-17-14-20(28(2)13-10-18-8-11-24-12-9-18)16-29-22(17)26-23(27-29)25-21(30)15-19-6-4-3-5-7-19/h3-9,11-12,14,16H,10,13,15H2,1-2H3,(H,25,27,30). The number of aromatic nitrogens is 4. The van der Waals surface area contributed by atoms with Crippen molar-refractivity contribution in [2.75, 3.05) is 23.8 Å². The van der Waals surface area contributed by atoms with E-state index < -0.39 is 0 Å². The first-order valence-electron chi connectivity index (χ1n) is 9.89. The monoisotopic (exact) mass is 400 g/mol. The lowest BCUT2D eigenvalue weighted by Gasteiger charge is -2.19. The largest absolute Gasteiger partial charge is 0.373 e. The number of nitrogens with one attached hydrogen (secondary N) is 1. The highest BCUT2D eigenvalue weighted by atomic mass is 16.1. The fourth-order valence-electron chi connectivity index (χ4n) is 3.32. The zero-order chi connectivity index (χ0) is 20.9. The van der Waals surface area contributed by atoms with E-state index in [9.17, 15) is 4.79 Å². The summed E-state index contributed by atoms with van der Waals surface area (Å²) in [5, 5.41) is 7.26. The van der Waals surface area contributed by atoms with Crippen molar-refractivity contribution in [2.24, 2.45) is 0 Å². The summed E-state index contributed by atoms with van der Waals surface area (Å²) in [4.78, 5) is 23.1. The molecule has 1 N–H and O–H groups in total. The quantitative estimate of drug-likeness (QED) is 0.515. The zero-order valence-electron chi connectivity index (χ0n) is 17.1. The van der Waals surface area contributed by atoms with Gasteiger partial charge in [-0.25, -0.2) is 4.52 Å².